The van der Waals surface area contributed by atoms with Crippen molar-refractivity contribution in [2.45, 2.75) is 19.8 Å². The molecule has 0 bridgehead atoms. The van der Waals surface area contributed by atoms with E-state index in [1.807, 2.05) is 6.92 Å². The van der Waals surface area contributed by atoms with E-state index in [0.717, 1.165) is 5.69 Å². The molecule has 0 aliphatic rings. The molecule has 0 aliphatic heterocycles. The average Bonchev–Trinajstić information content (AvgIpc) is 2.75. The Kier molecular flexibility index (Phi) is 4.70. The second-order valence-electron chi connectivity index (χ2n) is 4.08. The third-order valence-corrected chi connectivity index (χ3v) is 2.65. The van der Waals surface area contributed by atoms with Gasteiger partial charge in [-0.3, -0.25) is 9.48 Å². The van der Waals surface area contributed by atoms with E-state index in [1.165, 1.54) is 4.90 Å². The number of hydrogen-bond acceptors (Lipinski definition) is 4. The zero-order valence-corrected chi connectivity index (χ0v) is 10.9. The Bertz CT molecular complexity index is 452. The lowest BCUT2D eigenvalue weighted by molar-refractivity contribution is 0.0797. The van der Waals surface area contributed by atoms with Crippen LogP contribution < -0.4 is 5.73 Å². The van der Waals surface area contributed by atoms with Crippen LogP contribution in [0.25, 0.3) is 0 Å². The predicted octanol–water partition coefficient (Wildman–Crippen LogP) is 0.191. The number of hydrogen-bond donors (Lipinski definition) is 2. The molecule has 0 saturated heterocycles. The van der Waals surface area contributed by atoms with Crippen molar-refractivity contribution in [2.24, 2.45) is 17.9 Å². The van der Waals surface area contributed by atoms with Crippen LogP contribution in [0.15, 0.2) is 11.4 Å². The molecule has 0 saturated carbocycles. The number of aromatic nitrogens is 2. The Balaban J connectivity index is 2.74. The van der Waals surface area contributed by atoms with Gasteiger partial charge in [-0.15, -0.1) is 0 Å². The molecule has 1 aromatic rings. The summed E-state index contributed by atoms with van der Waals surface area (Å²) in [7, 11) is 3.46. The van der Waals surface area contributed by atoms with E-state index in [9.17, 15) is 4.79 Å². The Morgan fingerprint density at radius 3 is 2.89 bits per heavy atom. The highest BCUT2D eigenvalue weighted by Gasteiger charge is 2.18. The molecular weight excluding hydrogens is 234 g/mol. The van der Waals surface area contributed by atoms with E-state index < -0.39 is 0 Å². The lowest BCUT2D eigenvalue weighted by Gasteiger charge is -2.16. The summed E-state index contributed by atoms with van der Waals surface area (Å²) in [5, 5.41) is 15.5. The Labute approximate surface area is 106 Å². The van der Waals surface area contributed by atoms with Gasteiger partial charge in [0, 0.05) is 33.3 Å². The highest BCUT2D eigenvalue weighted by molar-refractivity contribution is 5.95. The number of aryl methyl sites for hydroxylation is 2. The third-order valence-electron chi connectivity index (χ3n) is 2.65. The van der Waals surface area contributed by atoms with Gasteiger partial charge in [0.25, 0.3) is 5.91 Å². The maximum atomic E-state index is 12.2. The molecule has 1 heterocycles. The number of amidine groups is 1. The maximum Gasteiger partial charge on any atom is 0.257 e. The quantitative estimate of drug-likeness (QED) is 0.339. The van der Waals surface area contributed by atoms with Crippen LogP contribution >= 0.6 is 0 Å². The van der Waals surface area contributed by atoms with E-state index >= 15 is 0 Å². The maximum absolute atomic E-state index is 12.2. The Hall–Kier alpha value is -2.05. The highest BCUT2D eigenvalue weighted by Crippen LogP contribution is 2.10. The van der Waals surface area contributed by atoms with Gasteiger partial charge >= 0.3 is 0 Å². The molecule has 0 fully saturated rings. The minimum Gasteiger partial charge on any atom is -0.409 e. The summed E-state index contributed by atoms with van der Waals surface area (Å²) >= 11 is 0. The molecule has 3 N–H and O–H groups in total. The summed E-state index contributed by atoms with van der Waals surface area (Å²) in [6, 6.07) is 0. The number of nitrogens with zero attached hydrogens (tertiary/aromatic N) is 4. The first-order valence-corrected chi connectivity index (χ1v) is 5.74. The first-order valence-electron chi connectivity index (χ1n) is 5.74. The number of nitrogens with two attached hydrogens (primary N) is 1. The van der Waals surface area contributed by atoms with Crippen molar-refractivity contribution in [3.05, 3.63) is 17.5 Å². The third kappa shape index (κ3) is 3.22. The summed E-state index contributed by atoms with van der Waals surface area (Å²) in [5.41, 5.74) is 6.74. The topological polar surface area (TPSA) is 96.7 Å². The summed E-state index contributed by atoms with van der Waals surface area (Å²) in [6.45, 7) is 2.35. The fourth-order valence-electron chi connectivity index (χ4n) is 1.61. The molecule has 1 amide bonds. The average molecular weight is 253 g/mol. The molecule has 7 nitrogen and oxygen atoms in total. The van der Waals surface area contributed by atoms with Crippen LogP contribution in [-0.2, 0) is 13.5 Å². The number of rotatable bonds is 5. The van der Waals surface area contributed by atoms with Crippen molar-refractivity contribution in [1.29, 1.82) is 0 Å². The zero-order valence-electron chi connectivity index (χ0n) is 10.9. The minimum atomic E-state index is -0.106. The first-order chi connectivity index (χ1) is 8.49. The lowest BCUT2D eigenvalue weighted by Crippen LogP contribution is -2.30. The van der Waals surface area contributed by atoms with E-state index in [2.05, 4.69) is 10.3 Å². The fourth-order valence-corrected chi connectivity index (χ4v) is 1.61. The second kappa shape index (κ2) is 6.04. The SMILES string of the molecule is CCc1nn(C)cc1C(=O)N(C)CC/C(N)=N/O. The van der Waals surface area contributed by atoms with Crippen LogP contribution in [0.4, 0.5) is 0 Å². The number of oxime groups is 1. The molecule has 0 radical (unpaired) electrons. The van der Waals surface area contributed by atoms with Gasteiger partial charge < -0.3 is 15.8 Å². The molecule has 7 heteroatoms. The second-order valence-corrected chi connectivity index (χ2v) is 4.08. The van der Waals surface area contributed by atoms with Crippen molar-refractivity contribution in [2.75, 3.05) is 13.6 Å². The molecule has 18 heavy (non-hydrogen) atoms. The molecule has 0 aromatic carbocycles. The molecule has 0 aliphatic carbocycles. The van der Waals surface area contributed by atoms with Crippen molar-refractivity contribution in [3.8, 4) is 0 Å². The first kappa shape index (κ1) is 14.0. The van der Waals surface area contributed by atoms with Crippen LogP contribution in [-0.4, -0.2) is 45.2 Å². The van der Waals surface area contributed by atoms with Gasteiger partial charge in [0.15, 0.2) is 0 Å². The summed E-state index contributed by atoms with van der Waals surface area (Å²) < 4.78 is 1.63. The predicted molar refractivity (Wildman–Crippen MR) is 67.6 cm³/mol. The van der Waals surface area contributed by atoms with Crippen molar-refractivity contribution >= 4 is 11.7 Å². The molecule has 0 atom stereocenters. The largest absolute Gasteiger partial charge is 0.409 e. The normalized spacial score (nSPS) is 11.6. The summed E-state index contributed by atoms with van der Waals surface area (Å²) in [6.07, 6.45) is 2.75. The van der Waals surface area contributed by atoms with Crippen molar-refractivity contribution in [1.82, 2.24) is 14.7 Å². The minimum absolute atomic E-state index is 0.106. The molecule has 1 aromatic heterocycles. The van der Waals surface area contributed by atoms with Crippen LogP contribution in [0.3, 0.4) is 0 Å². The van der Waals surface area contributed by atoms with Gasteiger partial charge in [-0.05, 0) is 6.42 Å². The molecule has 100 valence electrons. The van der Waals surface area contributed by atoms with Gasteiger partial charge in [-0.1, -0.05) is 12.1 Å². The lowest BCUT2D eigenvalue weighted by atomic mass is 10.2. The standard InChI is InChI=1S/C11H19N5O2/c1-4-9-8(7-16(3)13-9)11(17)15(2)6-5-10(12)14-18/h7,18H,4-6H2,1-3H3,(H2,12,14). The summed E-state index contributed by atoms with van der Waals surface area (Å²) in [5.74, 6) is 0.00208. The number of amides is 1. The van der Waals surface area contributed by atoms with Gasteiger partial charge in [0.05, 0.1) is 11.3 Å². The van der Waals surface area contributed by atoms with Gasteiger partial charge in [0.2, 0.25) is 0 Å². The monoisotopic (exact) mass is 253 g/mol. The van der Waals surface area contributed by atoms with Crippen LogP contribution in [0.1, 0.15) is 29.4 Å². The van der Waals surface area contributed by atoms with Crippen molar-refractivity contribution < 1.29 is 10.0 Å². The molecule has 1 rings (SSSR count). The molecule has 0 unspecified atom stereocenters. The van der Waals surface area contributed by atoms with Crippen LogP contribution in [0, 0.1) is 0 Å². The molecule has 0 spiro atoms. The number of carbonyl (C=O) groups is 1. The highest BCUT2D eigenvalue weighted by atomic mass is 16.4. The van der Waals surface area contributed by atoms with Crippen LogP contribution in [0.5, 0.6) is 0 Å². The number of carbonyl (C=O) groups excluding carboxylic acids is 1. The van der Waals surface area contributed by atoms with Gasteiger partial charge in [-0.25, -0.2) is 0 Å². The van der Waals surface area contributed by atoms with E-state index in [4.69, 9.17) is 10.9 Å². The van der Waals surface area contributed by atoms with Gasteiger partial charge in [0.1, 0.15) is 5.84 Å². The van der Waals surface area contributed by atoms with E-state index in [0.29, 0.717) is 24.9 Å². The van der Waals surface area contributed by atoms with Crippen LogP contribution in [0.2, 0.25) is 0 Å². The Morgan fingerprint density at radius 2 is 2.33 bits per heavy atom. The molecular formula is C11H19N5O2. The smallest absolute Gasteiger partial charge is 0.257 e. The fraction of sp³-hybridized carbons (Fsp3) is 0.545. The van der Waals surface area contributed by atoms with Crippen molar-refractivity contribution in [3.63, 3.8) is 0 Å². The van der Waals surface area contributed by atoms with E-state index in [1.54, 1.807) is 25.0 Å². The summed E-state index contributed by atoms with van der Waals surface area (Å²) in [4.78, 5) is 13.7. The zero-order chi connectivity index (χ0) is 13.7. The van der Waals surface area contributed by atoms with E-state index in [-0.39, 0.29) is 11.7 Å². The van der Waals surface area contributed by atoms with Gasteiger partial charge in [-0.2, -0.15) is 5.10 Å². The Morgan fingerprint density at radius 1 is 1.67 bits per heavy atom.